The number of nitrogens with zero attached hydrogens (tertiary/aromatic N) is 1. The minimum atomic E-state index is -1.91. The number of aliphatic imine (C=N–C) groups is 1. The van der Waals surface area contributed by atoms with Gasteiger partial charge in [0, 0.05) is 12.0 Å². The van der Waals surface area contributed by atoms with Gasteiger partial charge in [-0.2, -0.15) is 0 Å². The molecule has 0 spiro atoms. The Hall–Kier alpha value is -4.91. The molecule has 0 saturated carbocycles. The molecule has 1 atom stereocenters. The number of hydrogen-bond donors (Lipinski definition) is 0. The zero-order valence-corrected chi connectivity index (χ0v) is 20.7. The normalized spacial score (nSPS) is 16.3. The van der Waals surface area contributed by atoms with Crippen LogP contribution >= 0.6 is 0 Å². The lowest BCUT2D eigenvalue weighted by Gasteiger charge is -2.20. The maximum Gasteiger partial charge on any atom is 0.353 e. The summed E-state index contributed by atoms with van der Waals surface area (Å²) in [5.41, 5.74) is 0.377. The molecule has 0 radical (unpaired) electrons. The Balaban J connectivity index is 1.41. The Labute approximate surface area is 220 Å². The van der Waals surface area contributed by atoms with E-state index in [1.54, 1.807) is 86.0 Å². The standard InChI is InChI=1S/C31H25NO6/c1-35-25-18-14-24(15-19-25)28-32-31(30(34)38-28,29(33)37-27-10-6-3-7-11-27)20-22-12-16-26(17-13-22)36-21-23-8-4-2-5-9-23/h2-19H,20-21H2,1H3/t31-/m0/s1. The Bertz CT molecular complexity index is 1430. The molecule has 5 rings (SSSR count). The molecule has 7 nitrogen and oxygen atoms in total. The highest BCUT2D eigenvalue weighted by Crippen LogP contribution is 2.31. The van der Waals surface area contributed by atoms with E-state index in [2.05, 4.69) is 4.99 Å². The Morgan fingerprint density at radius 2 is 1.39 bits per heavy atom. The maximum absolute atomic E-state index is 13.5. The summed E-state index contributed by atoms with van der Waals surface area (Å²) in [5, 5.41) is 0. The summed E-state index contributed by atoms with van der Waals surface area (Å²) in [6.45, 7) is 0.426. The lowest BCUT2D eigenvalue weighted by Crippen LogP contribution is -2.47. The van der Waals surface area contributed by atoms with Gasteiger partial charge in [0.05, 0.1) is 7.11 Å². The van der Waals surface area contributed by atoms with Crippen LogP contribution in [-0.2, 0) is 27.4 Å². The second kappa shape index (κ2) is 11.0. The van der Waals surface area contributed by atoms with Gasteiger partial charge >= 0.3 is 11.9 Å². The molecule has 1 aliphatic rings. The molecule has 38 heavy (non-hydrogen) atoms. The Morgan fingerprint density at radius 3 is 2.05 bits per heavy atom. The average molecular weight is 508 g/mol. The number of hydrogen-bond acceptors (Lipinski definition) is 7. The van der Waals surface area contributed by atoms with Crippen molar-refractivity contribution in [3.8, 4) is 17.2 Å². The largest absolute Gasteiger partial charge is 0.497 e. The zero-order valence-electron chi connectivity index (χ0n) is 20.7. The molecule has 7 heteroatoms. The number of rotatable bonds is 9. The molecule has 0 N–H and O–H groups in total. The fraction of sp³-hybridized carbons (Fsp3) is 0.129. The van der Waals surface area contributed by atoms with E-state index in [0.29, 0.717) is 35.0 Å². The predicted molar refractivity (Wildman–Crippen MR) is 141 cm³/mol. The second-order valence-corrected chi connectivity index (χ2v) is 8.69. The third kappa shape index (κ3) is 5.42. The number of esters is 2. The first kappa shape index (κ1) is 24.8. The van der Waals surface area contributed by atoms with Crippen molar-refractivity contribution in [1.82, 2.24) is 0 Å². The van der Waals surface area contributed by atoms with Crippen molar-refractivity contribution < 1.29 is 28.5 Å². The molecule has 0 saturated heterocycles. The van der Waals surface area contributed by atoms with Crippen molar-refractivity contribution >= 4 is 17.8 Å². The first-order valence-corrected chi connectivity index (χ1v) is 12.1. The topological polar surface area (TPSA) is 83.4 Å². The van der Waals surface area contributed by atoms with Crippen LogP contribution in [0.15, 0.2) is 114 Å². The molecule has 0 unspecified atom stereocenters. The van der Waals surface area contributed by atoms with Gasteiger partial charge in [0.25, 0.3) is 5.54 Å². The third-order valence-electron chi connectivity index (χ3n) is 6.08. The van der Waals surface area contributed by atoms with Gasteiger partial charge in [0.15, 0.2) is 0 Å². The third-order valence-corrected chi connectivity index (χ3v) is 6.08. The highest BCUT2D eigenvalue weighted by atomic mass is 16.6. The molecule has 0 aliphatic carbocycles. The fourth-order valence-electron chi connectivity index (χ4n) is 4.00. The van der Waals surface area contributed by atoms with Gasteiger partial charge in [0.1, 0.15) is 23.9 Å². The van der Waals surface area contributed by atoms with Crippen LogP contribution in [0, 0.1) is 0 Å². The van der Waals surface area contributed by atoms with Gasteiger partial charge in [-0.15, -0.1) is 0 Å². The zero-order chi connectivity index (χ0) is 26.4. The predicted octanol–water partition coefficient (Wildman–Crippen LogP) is 5.16. The summed E-state index contributed by atoms with van der Waals surface area (Å²) < 4.78 is 22.2. The lowest BCUT2D eigenvalue weighted by atomic mass is 9.91. The van der Waals surface area contributed by atoms with E-state index in [-0.39, 0.29) is 12.3 Å². The van der Waals surface area contributed by atoms with Crippen molar-refractivity contribution in [3.63, 3.8) is 0 Å². The van der Waals surface area contributed by atoms with E-state index < -0.39 is 17.5 Å². The summed E-state index contributed by atoms with van der Waals surface area (Å²) in [6.07, 6.45) is -0.0455. The van der Waals surface area contributed by atoms with E-state index in [0.717, 1.165) is 5.56 Å². The number of carbonyl (C=O) groups is 2. The van der Waals surface area contributed by atoms with Crippen LogP contribution in [0.2, 0.25) is 0 Å². The van der Waals surface area contributed by atoms with E-state index >= 15 is 0 Å². The van der Waals surface area contributed by atoms with E-state index in [1.807, 2.05) is 30.3 Å². The van der Waals surface area contributed by atoms with Crippen molar-refractivity contribution in [2.45, 2.75) is 18.6 Å². The van der Waals surface area contributed by atoms with Gasteiger partial charge in [-0.05, 0) is 59.7 Å². The van der Waals surface area contributed by atoms with Crippen molar-refractivity contribution in [2.75, 3.05) is 7.11 Å². The minimum absolute atomic E-state index is 0.0455. The smallest absolute Gasteiger partial charge is 0.353 e. The SMILES string of the molecule is COc1ccc(C2=N[C@@](Cc3ccc(OCc4ccccc4)cc3)(C(=O)Oc3ccccc3)C(=O)O2)cc1. The van der Waals surface area contributed by atoms with Crippen LogP contribution in [-0.4, -0.2) is 30.5 Å². The summed E-state index contributed by atoms with van der Waals surface area (Å²) in [5.74, 6) is 0.0427. The molecule has 0 fully saturated rings. The molecule has 1 aliphatic heterocycles. The first-order valence-electron chi connectivity index (χ1n) is 12.1. The van der Waals surface area contributed by atoms with Crippen molar-refractivity contribution in [1.29, 1.82) is 0 Å². The Morgan fingerprint density at radius 1 is 0.763 bits per heavy atom. The summed E-state index contributed by atoms with van der Waals surface area (Å²) in [4.78, 5) is 31.3. The second-order valence-electron chi connectivity index (χ2n) is 8.69. The molecule has 0 amide bonds. The van der Waals surface area contributed by atoms with E-state index in [4.69, 9.17) is 18.9 Å². The van der Waals surface area contributed by atoms with Crippen LogP contribution in [0.4, 0.5) is 0 Å². The molecule has 1 heterocycles. The van der Waals surface area contributed by atoms with Gasteiger partial charge in [-0.3, -0.25) is 0 Å². The van der Waals surface area contributed by atoms with E-state index in [1.165, 1.54) is 0 Å². The number of methoxy groups -OCH3 is 1. The maximum atomic E-state index is 13.5. The van der Waals surface area contributed by atoms with Crippen LogP contribution in [0.5, 0.6) is 17.2 Å². The quantitative estimate of drug-likeness (QED) is 0.177. The average Bonchev–Trinajstić information content (AvgIpc) is 3.30. The monoisotopic (exact) mass is 507 g/mol. The summed E-state index contributed by atoms with van der Waals surface area (Å²) in [6, 6.07) is 32.4. The van der Waals surface area contributed by atoms with Gasteiger partial charge in [-0.1, -0.05) is 60.7 Å². The molecule has 0 bridgehead atoms. The molecular formula is C31H25NO6. The van der Waals surface area contributed by atoms with Gasteiger partial charge < -0.3 is 18.9 Å². The minimum Gasteiger partial charge on any atom is -0.497 e. The summed E-state index contributed by atoms with van der Waals surface area (Å²) in [7, 11) is 1.56. The Kier molecular flexibility index (Phi) is 7.17. The molecule has 4 aromatic rings. The van der Waals surface area contributed by atoms with Crippen LogP contribution in [0.3, 0.4) is 0 Å². The molecule has 4 aromatic carbocycles. The molecular weight excluding hydrogens is 482 g/mol. The molecule has 0 aromatic heterocycles. The summed E-state index contributed by atoms with van der Waals surface area (Å²) >= 11 is 0. The van der Waals surface area contributed by atoms with Crippen LogP contribution in [0.25, 0.3) is 0 Å². The number of para-hydroxylation sites is 1. The lowest BCUT2D eigenvalue weighted by molar-refractivity contribution is -0.151. The van der Waals surface area contributed by atoms with Gasteiger partial charge in [0.2, 0.25) is 5.90 Å². The first-order chi connectivity index (χ1) is 18.6. The van der Waals surface area contributed by atoms with Crippen LogP contribution < -0.4 is 14.2 Å². The van der Waals surface area contributed by atoms with Crippen molar-refractivity contribution in [2.24, 2.45) is 4.99 Å². The highest BCUT2D eigenvalue weighted by molar-refractivity contribution is 6.17. The molecule has 190 valence electrons. The fourth-order valence-corrected chi connectivity index (χ4v) is 4.00. The van der Waals surface area contributed by atoms with Crippen LogP contribution in [0.1, 0.15) is 16.7 Å². The number of cyclic esters (lactones) is 1. The number of carbonyl (C=O) groups excluding carboxylic acids is 2. The van der Waals surface area contributed by atoms with E-state index in [9.17, 15) is 9.59 Å². The highest BCUT2D eigenvalue weighted by Gasteiger charge is 2.54. The van der Waals surface area contributed by atoms with Crippen molar-refractivity contribution in [3.05, 3.63) is 126 Å². The number of benzene rings is 4. The number of ether oxygens (including phenoxy) is 4. The van der Waals surface area contributed by atoms with Gasteiger partial charge in [-0.25, -0.2) is 14.6 Å².